The van der Waals surface area contributed by atoms with Crippen LogP contribution in [-0.4, -0.2) is 43.1 Å². The van der Waals surface area contributed by atoms with E-state index in [4.69, 9.17) is 11.5 Å². The second-order valence-corrected chi connectivity index (χ2v) is 6.48. The number of benzene rings is 1. The van der Waals surface area contributed by atoms with Crippen molar-refractivity contribution in [3.8, 4) is 5.69 Å². The zero-order valence-corrected chi connectivity index (χ0v) is 15.1. The molecule has 138 valence electrons. The summed E-state index contributed by atoms with van der Waals surface area (Å²) >= 11 is 0. The van der Waals surface area contributed by atoms with Crippen LogP contribution >= 0.6 is 0 Å². The molecule has 8 nitrogen and oxygen atoms in total. The van der Waals surface area contributed by atoms with Crippen LogP contribution in [0.5, 0.6) is 0 Å². The van der Waals surface area contributed by atoms with Gasteiger partial charge in [-0.25, -0.2) is 0 Å². The van der Waals surface area contributed by atoms with Crippen molar-refractivity contribution in [1.82, 2.24) is 15.2 Å². The number of carbonyl (C=O) groups excluding carboxylic acids is 2. The Morgan fingerprint density at radius 1 is 1.19 bits per heavy atom. The van der Waals surface area contributed by atoms with E-state index in [0.717, 1.165) is 17.1 Å². The number of nitrogens with zero attached hydrogens (tertiary/aromatic N) is 1. The first-order valence-corrected chi connectivity index (χ1v) is 8.38. The number of carbonyl (C=O) groups is 2. The number of amides is 1. The number of hydrogen-bond acceptors (Lipinski definition) is 6. The fourth-order valence-corrected chi connectivity index (χ4v) is 3.57. The predicted octanol–water partition coefficient (Wildman–Crippen LogP) is 0.464. The van der Waals surface area contributed by atoms with Crippen molar-refractivity contribution in [3.63, 3.8) is 0 Å². The van der Waals surface area contributed by atoms with Gasteiger partial charge in [0.25, 0.3) is 5.91 Å². The number of fused-ring (bicyclic) bond motifs is 1. The second kappa shape index (κ2) is 6.47. The van der Waals surface area contributed by atoms with Gasteiger partial charge in [0.15, 0.2) is 5.78 Å². The highest BCUT2D eigenvalue weighted by Gasteiger charge is 2.39. The number of hydrogen-bond donors (Lipinski definition) is 5. The monoisotopic (exact) mass is 356 g/mol. The van der Waals surface area contributed by atoms with Gasteiger partial charge in [-0.05, 0) is 32.3 Å². The van der Waals surface area contributed by atoms with E-state index >= 15 is 0 Å². The van der Waals surface area contributed by atoms with Gasteiger partial charge >= 0.3 is 0 Å². The average molecular weight is 356 g/mol. The number of nitrogens with two attached hydrogens (primary N) is 2. The van der Waals surface area contributed by atoms with E-state index in [9.17, 15) is 9.59 Å². The zero-order valence-electron chi connectivity index (χ0n) is 15.1. The van der Waals surface area contributed by atoms with Crippen molar-refractivity contribution in [2.75, 3.05) is 32.2 Å². The standard InChI is InChI=1S/C18H24N6O2/c1-21-13-9-24(10-4-5-11(17(20)26)12(19)6-10)14-7-18(22-2,23-3)8-15(25)16(13)14/h4-6,9,21-23H,7-8,19H2,1-3H3,(H2,20,26). The van der Waals surface area contributed by atoms with Crippen molar-refractivity contribution in [2.45, 2.75) is 18.5 Å². The third-order valence-corrected chi connectivity index (χ3v) is 5.12. The van der Waals surface area contributed by atoms with Crippen molar-refractivity contribution in [2.24, 2.45) is 5.73 Å². The maximum absolute atomic E-state index is 12.8. The summed E-state index contributed by atoms with van der Waals surface area (Å²) in [6.07, 6.45) is 2.84. The maximum atomic E-state index is 12.8. The molecular formula is C18H24N6O2. The maximum Gasteiger partial charge on any atom is 0.250 e. The Morgan fingerprint density at radius 2 is 1.88 bits per heavy atom. The van der Waals surface area contributed by atoms with E-state index in [1.165, 1.54) is 0 Å². The molecular weight excluding hydrogens is 332 g/mol. The molecule has 0 aliphatic heterocycles. The Bertz CT molecular complexity index is 882. The molecule has 1 aromatic carbocycles. The van der Waals surface area contributed by atoms with Crippen LogP contribution in [0.3, 0.4) is 0 Å². The van der Waals surface area contributed by atoms with Gasteiger partial charge < -0.3 is 32.0 Å². The van der Waals surface area contributed by atoms with Gasteiger partial charge in [0, 0.05) is 43.2 Å². The molecule has 7 N–H and O–H groups in total. The molecule has 0 unspecified atom stereocenters. The predicted molar refractivity (Wildman–Crippen MR) is 102 cm³/mol. The molecule has 1 amide bonds. The smallest absolute Gasteiger partial charge is 0.250 e. The van der Waals surface area contributed by atoms with Gasteiger partial charge in [0.2, 0.25) is 0 Å². The lowest BCUT2D eigenvalue weighted by Crippen LogP contribution is -2.58. The molecule has 0 spiro atoms. The first kappa shape index (κ1) is 18.0. The van der Waals surface area contributed by atoms with Gasteiger partial charge in [-0.2, -0.15) is 0 Å². The van der Waals surface area contributed by atoms with Crippen LogP contribution in [0.1, 0.15) is 32.8 Å². The molecule has 26 heavy (non-hydrogen) atoms. The van der Waals surface area contributed by atoms with Gasteiger partial charge in [-0.15, -0.1) is 0 Å². The highest BCUT2D eigenvalue weighted by molar-refractivity contribution is 6.04. The molecule has 0 saturated heterocycles. The summed E-state index contributed by atoms with van der Waals surface area (Å²) in [5.41, 5.74) is 14.5. The molecule has 8 heteroatoms. The number of nitrogens with one attached hydrogen (secondary N) is 3. The molecule has 1 aromatic heterocycles. The summed E-state index contributed by atoms with van der Waals surface area (Å²) < 4.78 is 1.93. The molecule has 1 aliphatic rings. The lowest BCUT2D eigenvalue weighted by molar-refractivity contribution is 0.0902. The Hall–Kier alpha value is -2.84. The van der Waals surface area contributed by atoms with E-state index in [1.807, 2.05) is 24.9 Å². The van der Waals surface area contributed by atoms with Crippen LogP contribution in [0.4, 0.5) is 11.4 Å². The minimum atomic E-state index is -0.570. The number of primary amides is 1. The molecule has 0 saturated carbocycles. The molecule has 0 atom stereocenters. The van der Waals surface area contributed by atoms with Crippen LogP contribution in [0.15, 0.2) is 24.4 Å². The quantitative estimate of drug-likeness (QED) is 0.391. The van der Waals surface area contributed by atoms with E-state index < -0.39 is 11.6 Å². The van der Waals surface area contributed by atoms with E-state index in [1.54, 1.807) is 25.2 Å². The van der Waals surface area contributed by atoms with Crippen molar-refractivity contribution in [3.05, 3.63) is 41.2 Å². The van der Waals surface area contributed by atoms with Crippen LogP contribution in [0.25, 0.3) is 5.69 Å². The van der Waals surface area contributed by atoms with Crippen LogP contribution in [-0.2, 0) is 6.42 Å². The summed E-state index contributed by atoms with van der Waals surface area (Å²) in [6.45, 7) is 0. The summed E-state index contributed by atoms with van der Waals surface area (Å²) in [5, 5.41) is 9.55. The number of nitrogen functional groups attached to an aromatic ring is 1. The molecule has 2 aromatic rings. The third kappa shape index (κ3) is 2.73. The number of aromatic nitrogens is 1. The molecule has 0 bridgehead atoms. The summed E-state index contributed by atoms with van der Waals surface area (Å²) in [6, 6.07) is 5.07. The molecule has 3 rings (SSSR count). The lowest BCUT2D eigenvalue weighted by Gasteiger charge is -2.36. The SMILES string of the molecule is CNc1cn(-c2ccc(C(N)=O)c(N)c2)c2c1C(=O)CC(NC)(NC)C2. The number of likely N-dealkylation sites (N-methyl/N-ethyl adjacent to an activating group) is 2. The molecule has 1 aliphatic carbocycles. The minimum absolute atomic E-state index is 0.0554. The van der Waals surface area contributed by atoms with Crippen LogP contribution in [0, 0.1) is 0 Å². The third-order valence-electron chi connectivity index (χ3n) is 5.12. The fraction of sp³-hybridized carbons (Fsp3) is 0.333. The zero-order chi connectivity index (χ0) is 19.1. The topological polar surface area (TPSA) is 127 Å². The lowest BCUT2D eigenvalue weighted by atomic mass is 9.86. The molecule has 0 fully saturated rings. The first-order valence-electron chi connectivity index (χ1n) is 8.38. The summed E-state index contributed by atoms with van der Waals surface area (Å²) in [4.78, 5) is 24.3. The van der Waals surface area contributed by atoms with E-state index in [0.29, 0.717) is 24.1 Å². The van der Waals surface area contributed by atoms with Gasteiger partial charge in [-0.1, -0.05) is 0 Å². The summed E-state index contributed by atoms with van der Waals surface area (Å²) in [5.74, 6) is -0.515. The Labute approximate surface area is 151 Å². The van der Waals surface area contributed by atoms with Crippen molar-refractivity contribution < 1.29 is 9.59 Å². The van der Waals surface area contributed by atoms with E-state index in [-0.39, 0.29) is 11.3 Å². The highest BCUT2D eigenvalue weighted by atomic mass is 16.1. The largest absolute Gasteiger partial charge is 0.398 e. The Kier molecular flexibility index (Phi) is 4.47. The van der Waals surface area contributed by atoms with Gasteiger partial charge in [-0.3, -0.25) is 9.59 Å². The Balaban J connectivity index is 2.17. The normalized spacial score (nSPS) is 15.6. The van der Waals surface area contributed by atoms with Gasteiger partial charge in [0.1, 0.15) is 0 Å². The highest BCUT2D eigenvalue weighted by Crippen LogP contribution is 2.35. The number of ketones is 1. The second-order valence-electron chi connectivity index (χ2n) is 6.48. The summed E-state index contributed by atoms with van der Waals surface area (Å²) in [7, 11) is 5.46. The van der Waals surface area contributed by atoms with E-state index in [2.05, 4.69) is 16.0 Å². The number of Topliss-reactive ketones (excluding diaryl/α,β-unsaturated/α-hetero) is 1. The minimum Gasteiger partial charge on any atom is -0.398 e. The van der Waals surface area contributed by atoms with Crippen LogP contribution < -0.4 is 27.4 Å². The number of rotatable bonds is 5. The van der Waals surface area contributed by atoms with Gasteiger partial charge in [0.05, 0.1) is 22.5 Å². The molecule has 1 heterocycles. The van der Waals surface area contributed by atoms with Crippen molar-refractivity contribution in [1.29, 1.82) is 0 Å². The fourth-order valence-electron chi connectivity index (χ4n) is 3.57. The average Bonchev–Trinajstić information content (AvgIpc) is 3.00. The molecule has 0 radical (unpaired) electrons. The first-order chi connectivity index (χ1) is 12.4. The number of anilines is 2. The Morgan fingerprint density at radius 3 is 2.42 bits per heavy atom. The van der Waals surface area contributed by atoms with Crippen molar-refractivity contribution >= 4 is 23.1 Å². The van der Waals surface area contributed by atoms with Crippen LogP contribution in [0.2, 0.25) is 0 Å².